The van der Waals surface area contributed by atoms with Crippen LogP contribution in [0, 0.1) is 6.92 Å². The average Bonchev–Trinajstić information content (AvgIpc) is 2.49. The van der Waals surface area contributed by atoms with Crippen molar-refractivity contribution in [1.29, 1.82) is 0 Å². The predicted molar refractivity (Wildman–Crippen MR) is 78.9 cm³/mol. The van der Waals surface area contributed by atoms with Crippen molar-refractivity contribution >= 4 is 0 Å². The van der Waals surface area contributed by atoms with Crippen molar-refractivity contribution < 1.29 is 9.47 Å². The molecule has 0 saturated carbocycles. The number of aromatic nitrogens is 1. The monoisotopic (exact) mass is 272 g/mol. The van der Waals surface area contributed by atoms with Crippen molar-refractivity contribution in [3.05, 3.63) is 53.9 Å². The van der Waals surface area contributed by atoms with E-state index in [-0.39, 0.29) is 0 Å². The predicted octanol–water partition coefficient (Wildman–Crippen LogP) is 2.70. The van der Waals surface area contributed by atoms with Gasteiger partial charge in [-0.15, -0.1) is 0 Å². The maximum absolute atomic E-state index is 5.65. The van der Waals surface area contributed by atoms with Crippen molar-refractivity contribution in [2.24, 2.45) is 5.73 Å². The van der Waals surface area contributed by atoms with Crippen LogP contribution in [0.15, 0.2) is 42.6 Å². The van der Waals surface area contributed by atoms with Gasteiger partial charge in [0.1, 0.15) is 11.5 Å². The lowest BCUT2D eigenvalue weighted by molar-refractivity contribution is 0.247. The summed E-state index contributed by atoms with van der Waals surface area (Å²) in [6.07, 6.45) is 2.56. The molecule has 2 aromatic rings. The topological polar surface area (TPSA) is 57.4 Å². The minimum Gasteiger partial charge on any atom is -0.493 e. The molecular formula is C16H20N2O2. The first-order valence-corrected chi connectivity index (χ1v) is 6.75. The number of rotatable bonds is 7. The molecule has 0 aliphatic rings. The Bertz CT molecular complexity index is 526. The molecule has 20 heavy (non-hydrogen) atoms. The maximum atomic E-state index is 5.65. The van der Waals surface area contributed by atoms with Crippen LogP contribution < -0.4 is 15.2 Å². The standard InChI is InChI=1S/C16H20N2O2/c1-13-6-7-16(12-18-13)20-9-3-8-19-15-5-2-4-14(10-15)11-17/h2,4-7,10,12H,3,8-9,11,17H2,1H3. The highest BCUT2D eigenvalue weighted by atomic mass is 16.5. The van der Waals surface area contributed by atoms with Gasteiger partial charge in [-0.05, 0) is 36.8 Å². The number of nitrogens with zero attached hydrogens (tertiary/aromatic N) is 1. The Hall–Kier alpha value is -2.07. The lowest BCUT2D eigenvalue weighted by Crippen LogP contribution is -2.05. The second-order valence-corrected chi connectivity index (χ2v) is 4.54. The zero-order valence-electron chi connectivity index (χ0n) is 11.7. The molecule has 2 rings (SSSR count). The van der Waals surface area contributed by atoms with Crippen molar-refractivity contribution in [2.45, 2.75) is 19.9 Å². The summed E-state index contributed by atoms with van der Waals surface area (Å²) in [4.78, 5) is 4.18. The molecule has 1 aromatic carbocycles. The van der Waals surface area contributed by atoms with Crippen molar-refractivity contribution in [3.63, 3.8) is 0 Å². The van der Waals surface area contributed by atoms with Gasteiger partial charge in [-0.3, -0.25) is 4.98 Å². The Kier molecular flexibility index (Phi) is 5.38. The number of nitrogens with two attached hydrogens (primary N) is 1. The number of ether oxygens (including phenoxy) is 2. The fourth-order valence-electron chi connectivity index (χ4n) is 1.74. The molecule has 0 aliphatic carbocycles. The minimum atomic E-state index is 0.529. The van der Waals surface area contributed by atoms with Gasteiger partial charge in [-0.2, -0.15) is 0 Å². The van der Waals surface area contributed by atoms with Gasteiger partial charge in [0.2, 0.25) is 0 Å². The zero-order valence-corrected chi connectivity index (χ0v) is 11.7. The van der Waals surface area contributed by atoms with E-state index in [4.69, 9.17) is 15.2 Å². The van der Waals surface area contributed by atoms with Gasteiger partial charge < -0.3 is 15.2 Å². The van der Waals surface area contributed by atoms with Gasteiger partial charge in [-0.25, -0.2) is 0 Å². The molecule has 0 saturated heterocycles. The molecule has 0 fully saturated rings. The Morgan fingerprint density at radius 2 is 1.85 bits per heavy atom. The van der Waals surface area contributed by atoms with Crippen LogP contribution in [0.4, 0.5) is 0 Å². The average molecular weight is 272 g/mol. The second-order valence-electron chi connectivity index (χ2n) is 4.54. The van der Waals surface area contributed by atoms with E-state index in [9.17, 15) is 0 Å². The van der Waals surface area contributed by atoms with E-state index in [0.717, 1.165) is 29.2 Å². The molecule has 0 amide bonds. The van der Waals surface area contributed by atoms with E-state index in [1.54, 1.807) is 6.20 Å². The Balaban J connectivity index is 1.67. The molecule has 0 atom stereocenters. The van der Waals surface area contributed by atoms with Crippen molar-refractivity contribution in [2.75, 3.05) is 13.2 Å². The lowest BCUT2D eigenvalue weighted by atomic mass is 10.2. The minimum absolute atomic E-state index is 0.529. The molecule has 1 heterocycles. The smallest absolute Gasteiger partial charge is 0.137 e. The number of pyridine rings is 1. The Morgan fingerprint density at radius 1 is 1.05 bits per heavy atom. The summed E-state index contributed by atoms with van der Waals surface area (Å²) in [5.41, 5.74) is 7.65. The molecular weight excluding hydrogens is 252 g/mol. The highest BCUT2D eigenvalue weighted by molar-refractivity contribution is 5.28. The first-order chi connectivity index (χ1) is 9.78. The third-order valence-electron chi connectivity index (χ3n) is 2.84. The van der Waals surface area contributed by atoms with Gasteiger partial charge in [0.05, 0.1) is 19.4 Å². The molecule has 0 unspecified atom stereocenters. The third kappa shape index (κ3) is 4.55. The fraction of sp³-hybridized carbons (Fsp3) is 0.312. The molecule has 4 nitrogen and oxygen atoms in total. The van der Waals surface area contributed by atoms with Gasteiger partial charge in [0.15, 0.2) is 0 Å². The highest BCUT2D eigenvalue weighted by Crippen LogP contribution is 2.13. The maximum Gasteiger partial charge on any atom is 0.137 e. The number of aryl methyl sites for hydroxylation is 1. The van der Waals surface area contributed by atoms with Gasteiger partial charge >= 0.3 is 0 Å². The van der Waals surface area contributed by atoms with E-state index in [1.165, 1.54) is 0 Å². The normalized spacial score (nSPS) is 10.3. The highest BCUT2D eigenvalue weighted by Gasteiger charge is 1.97. The largest absolute Gasteiger partial charge is 0.493 e. The number of hydrogen-bond donors (Lipinski definition) is 1. The molecule has 0 spiro atoms. The van der Waals surface area contributed by atoms with E-state index in [2.05, 4.69) is 4.98 Å². The molecule has 2 N–H and O–H groups in total. The molecule has 106 valence electrons. The summed E-state index contributed by atoms with van der Waals surface area (Å²) >= 11 is 0. The van der Waals surface area contributed by atoms with E-state index in [0.29, 0.717) is 19.8 Å². The van der Waals surface area contributed by atoms with Crippen LogP contribution in [-0.2, 0) is 6.54 Å². The van der Waals surface area contributed by atoms with Crippen LogP contribution in [-0.4, -0.2) is 18.2 Å². The molecule has 1 aromatic heterocycles. The SMILES string of the molecule is Cc1ccc(OCCCOc2cccc(CN)c2)cn1. The summed E-state index contributed by atoms with van der Waals surface area (Å²) in [6, 6.07) is 11.7. The van der Waals surface area contributed by atoms with Crippen LogP contribution in [0.5, 0.6) is 11.5 Å². The Morgan fingerprint density at radius 3 is 2.55 bits per heavy atom. The second kappa shape index (κ2) is 7.50. The zero-order chi connectivity index (χ0) is 14.2. The van der Waals surface area contributed by atoms with Gasteiger partial charge in [-0.1, -0.05) is 12.1 Å². The van der Waals surface area contributed by atoms with Crippen molar-refractivity contribution in [3.8, 4) is 11.5 Å². The fourth-order valence-corrected chi connectivity index (χ4v) is 1.74. The van der Waals surface area contributed by atoms with E-state index < -0.39 is 0 Å². The first-order valence-electron chi connectivity index (χ1n) is 6.75. The molecule has 0 aliphatic heterocycles. The van der Waals surface area contributed by atoms with Gasteiger partial charge in [0, 0.05) is 18.7 Å². The van der Waals surface area contributed by atoms with Gasteiger partial charge in [0.25, 0.3) is 0 Å². The van der Waals surface area contributed by atoms with E-state index in [1.807, 2.05) is 43.3 Å². The quantitative estimate of drug-likeness (QED) is 0.787. The summed E-state index contributed by atoms with van der Waals surface area (Å²) < 4.78 is 11.2. The first kappa shape index (κ1) is 14.3. The lowest BCUT2D eigenvalue weighted by Gasteiger charge is -2.08. The van der Waals surface area contributed by atoms with Crippen LogP contribution in [0.1, 0.15) is 17.7 Å². The molecule has 4 heteroatoms. The summed E-state index contributed by atoms with van der Waals surface area (Å²) in [5, 5.41) is 0. The number of hydrogen-bond acceptors (Lipinski definition) is 4. The van der Waals surface area contributed by atoms with Crippen LogP contribution >= 0.6 is 0 Å². The third-order valence-corrected chi connectivity index (χ3v) is 2.84. The number of benzene rings is 1. The van der Waals surface area contributed by atoms with Crippen molar-refractivity contribution in [1.82, 2.24) is 4.98 Å². The van der Waals surface area contributed by atoms with E-state index >= 15 is 0 Å². The van der Waals surface area contributed by atoms with Crippen LogP contribution in [0.25, 0.3) is 0 Å². The summed E-state index contributed by atoms with van der Waals surface area (Å²) in [5.74, 6) is 1.64. The van der Waals surface area contributed by atoms with Crippen LogP contribution in [0.3, 0.4) is 0 Å². The summed E-state index contributed by atoms with van der Waals surface area (Å²) in [6.45, 7) is 3.71. The molecule has 0 radical (unpaired) electrons. The summed E-state index contributed by atoms with van der Waals surface area (Å²) in [7, 11) is 0. The molecule has 0 bridgehead atoms. The Labute approximate surface area is 119 Å². The van der Waals surface area contributed by atoms with Crippen LogP contribution in [0.2, 0.25) is 0 Å².